The molecule has 16 heavy (non-hydrogen) atoms. The number of hydrogen-bond donors (Lipinski definition) is 0. The molecule has 7 nitrogen and oxygen atoms in total. The molecule has 0 saturated carbocycles. The van der Waals surface area contributed by atoms with Crippen LogP contribution >= 0.6 is 0 Å². The topological polar surface area (TPSA) is 87.6 Å². The minimum atomic E-state index is -0.244. The van der Waals surface area contributed by atoms with E-state index < -0.39 is 0 Å². The van der Waals surface area contributed by atoms with Crippen LogP contribution in [0.4, 0.5) is 0 Å². The zero-order valence-corrected chi connectivity index (χ0v) is 8.16. The van der Waals surface area contributed by atoms with Gasteiger partial charge in [-0.25, -0.2) is 0 Å². The Hall–Kier alpha value is -2.31. The Bertz CT molecular complexity index is 382. The van der Waals surface area contributed by atoms with Crippen LogP contribution in [0, 0.1) is 0 Å². The van der Waals surface area contributed by atoms with Gasteiger partial charge >= 0.3 is 0 Å². The molecule has 0 unspecified atom stereocenters. The molecule has 84 valence electrons. The Morgan fingerprint density at radius 2 is 1.56 bits per heavy atom. The lowest BCUT2D eigenvalue weighted by molar-refractivity contribution is -0.123. The van der Waals surface area contributed by atoms with E-state index in [0.29, 0.717) is 0 Å². The fourth-order valence-electron chi connectivity index (χ4n) is 0.902. The van der Waals surface area contributed by atoms with Gasteiger partial charge in [0.15, 0.2) is 13.2 Å². The van der Waals surface area contributed by atoms with Crippen molar-refractivity contribution in [3.8, 4) is 11.8 Å². The number of ether oxygens (including phenoxy) is 2. The largest absolute Gasteiger partial charge is 0.467 e. The summed E-state index contributed by atoms with van der Waals surface area (Å²) in [5.74, 6) is 0.274. The molecule has 0 bridgehead atoms. The third-order valence-corrected chi connectivity index (χ3v) is 1.59. The SMILES string of the molecule is O=C(COc1ccon1)COc1ccon1. The van der Waals surface area contributed by atoms with Crippen LogP contribution in [0.3, 0.4) is 0 Å². The van der Waals surface area contributed by atoms with Crippen LogP contribution in [0.5, 0.6) is 11.8 Å². The average Bonchev–Trinajstić information content (AvgIpc) is 2.96. The van der Waals surface area contributed by atoms with Gasteiger partial charge in [-0.2, -0.15) is 0 Å². The van der Waals surface area contributed by atoms with Gasteiger partial charge in [-0.1, -0.05) is 0 Å². The highest BCUT2D eigenvalue weighted by atomic mass is 16.5. The minimum Gasteiger partial charge on any atom is -0.467 e. The molecule has 0 saturated heterocycles. The van der Waals surface area contributed by atoms with Crippen LogP contribution in [0.25, 0.3) is 0 Å². The van der Waals surface area contributed by atoms with Gasteiger partial charge in [0.1, 0.15) is 12.5 Å². The van der Waals surface area contributed by atoms with Crippen LogP contribution in [-0.4, -0.2) is 29.3 Å². The molecule has 0 atom stereocenters. The Kier molecular flexibility index (Phi) is 3.17. The maximum atomic E-state index is 11.3. The number of rotatable bonds is 6. The Balaban J connectivity index is 1.69. The zero-order chi connectivity index (χ0) is 11.2. The van der Waals surface area contributed by atoms with Crippen molar-refractivity contribution in [3.63, 3.8) is 0 Å². The summed E-state index contributed by atoms with van der Waals surface area (Å²) in [5, 5.41) is 6.96. The summed E-state index contributed by atoms with van der Waals surface area (Å²) in [6.45, 7) is -0.269. The molecule has 0 spiro atoms. The highest BCUT2D eigenvalue weighted by Crippen LogP contribution is 2.05. The van der Waals surface area contributed by atoms with Crippen molar-refractivity contribution in [2.24, 2.45) is 0 Å². The van der Waals surface area contributed by atoms with Crippen molar-refractivity contribution >= 4 is 5.78 Å². The second-order valence-corrected chi connectivity index (χ2v) is 2.79. The van der Waals surface area contributed by atoms with E-state index in [4.69, 9.17) is 9.47 Å². The highest BCUT2D eigenvalue weighted by Gasteiger charge is 2.07. The minimum absolute atomic E-state index is 0.135. The van der Waals surface area contributed by atoms with Crippen molar-refractivity contribution in [1.29, 1.82) is 0 Å². The van der Waals surface area contributed by atoms with E-state index in [9.17, 15) is 4.79 Å². The third kappa shape index (κ3) is 2.84. The molecule has 0 aromatic carbocycles. The number of Topliss-reactive ketones (excluding diaryl/α,β-unsaturated/α-hetero) is 1. The first kappa shape index (κ1) is 10.2. The number of carbonyl (C=O) groups is 1. The second kappa shape index (κ2) is 4.96. The van der Waals surface area contributed by atoms with Gasteiger partial charge in [0.05, 0.1) is 0 Å². The lowest BCUT2D eigenvalue weighted by Crippen LogP contribution is -2.19. The third-order valence-electron chi connectivity index (χ3n) is 1.59. The van der Waals surface area contributed by atoms with Crippen molar-refractivity contribution in [3.05, 3.63) is 24.7 Å². The molecule has 2 heterocycles. The normalized spacial score (nSPS) is 10.0. The smallest absolute Gasteiger partial charge is 0.254 e. The first-order valence-electron chi connectivity index (χ1n) is 4.42. The van der Waals surface area contributed by atoms with Gasteiger partial charge in [-0.3, -0.25) is 4.79 Å². The number of ketones is 1. The van der Waals surface area contributed by atoms with Crippen LogP contribution in [-0.2, 0) is 4.79 Å². The highest BCUT2D eigenvalue weighted by molar-refractivity contribution is 5.81. The predicted octanol–water partition coefficient (Wildman–Crippen LogP) is 0.689. The van der Waals surface area contributed by atoms with Crippen molar-refractivity contribution < 1.29 is 23.3 Å². The standard InChI is InChI=1S/C9H8N2O5/c12-7(5-13-8-1-3-15-10-8)6-14-9-2-4-16-11-9/h1-4H,5-6H2. The number of hydrogen-bond acceptors (Lipinski definition) is 7. The Morgan fingerprint density at radius 1 is 1.06 bits per heavy atom. The molecule has 2 rings (SSSR count). The molecule has 0 N–H and O–H groups in total. The molecular formula is C9H8N2O5. The predicted molar refractivity (Wildman–Crippen MR) is 49.0 cm³/mol. The van der Waals surface area contributed by atoms with E-state index in [2.05, 4.69) is 19.4 Å². The van der Waals surface area contributed by atoms with E-state index in [-0.39, 0.29) is 30.8 Å². The lowest BCUT2D eigenvalue weighted by atomic mass is 10.4. The number of aromatic nitrogens is 2. The van der Waals surface area contributed by atoms with Gasteiger partial charge in [0.2, 0.25) is 5.78 Å². The van der Waals surface area contributed by atoms with Gasteiger partial charge in [0.25, 0.3) is 11.8 Å². The maximum absolute atomic E-state index is 11.3. The molecule has 0 aliphatic heterocycles. The monoisotopic (exact) mass is 224 g/mol. The molecule has 0 aliphatic carbocycles. The molecular weight excluding hydrogens is 216 g/mol. The first-order valence-corrected chi connectivity index (χ1v) is 4.42. The Morgan fingerprint density at radius 3 is 1.94 bits per heavy atom. The van der Waals surface area contributed by atoms with Gasteiger partial charge < -0.3 is 18.5 Å². The summed E-state index contributed by atoms with van der Waals surface area (Å²) >= 11 is 0. The van der Waals surface area contributed by atoms with E-state index in [1.165, 1.54) is 24.7 Å². The first-order chi connectivity index (χ1) is 7.84. The fraction of sp³-hybridized carbons (Fsp3) is 0.222. The molecule has 0 aliphatic rings. The quantitative estimate of drug-likeness (QED) is 0.713. The van der Waals surface area contributed by atoms with Crippen molar-refractivity contribution in [2.75, 3.05) is 13.2 Å². The van der Waals surface area contributed by atoms with Crippen LogP contribution in [0.2, 0.25) is 0 Å². The number of carbonyl (C=O) groups excluding carboxylic acids is 1. The average molecular weight is 224 g/mol. The van der Waals surface area contributed by atoms with E-state index in [1.54, 1.807) is 0 Å². The van der Waals surface area contributed by atoms with Crippen molar-refractivity contribution in [2.45, 2.75) is 0 Å². The van der Waals surface area contributed by atoms with Crippen LogP contribution < -0.4 is 9.47 Å². The molecule has 2 aromatic rings. The Labute approximate surface area is 89.9 Å². The zero-order valence-electron chi connectivity index (χ0n) is 8.16. The molecule has 0 fully saturated rings. The second-order valence-electron chi connectivity index (χ2n) is 2.79. The number of nitrogens with zero attached hydrogens (tertiary/aromatic N) is 2. The summed E-state index contributed by atoms with van der Waals surface area (Å²) in [6, 6.07) is 3.01. The van der Waals surface area contributed by atoms with E-state index in [0.717, 1.165) is 0 Å². The van der Waals surface area contributed by atoms with E-state index >= 15 is 0 Å². The van der Waals surface area contributed by atoms with Crippen LogP contribution in [0.15, 0.2) is 33.7 Å². The van der Waals surface area contributed by atoms with E-state index in [1.807, 2.05) is 0 Å². The fourth-order valence-corrected chi connectivity index (χ4v) is 0.902. The molecule has 0 amide bonds. The maximum Gasteiger partial charge on any atom is 0.254 e. The van der Waals surface area contributed by atoms with Gasteiger partial charge in [-0.05, 0) is 10.3 Å². The van der Waals surface area contributed by atoms with Gasteiger partial charge in [0, 0.05) is 12.1 Å². The summed E-state index contributed by atoms with van der Waals surface area (Å²) in [4.78, 5) is 11.3. The molecule has 0 radical (unpaired) electrons. The summed E-state index contributed by atoms with van der Waals surface area (Å²) in [5.41, 5.74) is 0. The summed E-state index contributed by atoms with van der Waals surface area (Å²) in [6.07, 6.45) is 2.71. The summed E-state index contributed by atoms with van der Waals surface area (Å²) in [7, 11) is 0. The van der Waals surface area contributed by atoms with Crippen molar-refractivity contribution in [1.82, 2.24) is 10.3 Å². The molecule has 2 aromatic heterocycles. The van der Waals surface area contributed by atoms with Gasteiger partial charge in [-0.15, -0.1) is 0 Å². The van der Waals surface area contributed by atoms with Crippen LogP contribution in [0.1, 0.15) is 0 Å². The lowest BCUT2D eigenvalue weighted by Gasteiger charge is -2.01. The summed E-state index contributed by atoms with van der Waals surface area (Å²) < 4.78 is 19.1. The molecule has 7 heteroatoms.